The van der Waals surface area contributed by atoms with Crippen LogP contribution in [0.15, 0.2) is 60.7 Å². The summed E-state index contributed by atoms with van der Waals surface area (Å²) in [4.78, 5) is 114. The average Bonchev–Trinajstić information content (AvgIpc) is 4.13. The number of nitrogens with zero attached hydrogens (tertiary/aromatic N) is 14. The van der Waals surface area contributed by atoms with Crippen LogP contribution in [0.2, 0.25) is 0 Å². The normalized spacial score (nSPS) is 20.9. The molecule has 0 aliphatic carbocycles. The van der Waals surface area contributed by atoms with Gasteiger partial charge in [0, 0.05) is 106 Å². The number of urea groups is 7. The standard InChI is InChI=1S/C24H36N12O6.C17H20N2O/c37-19-25-1-2-26(19)14-28-5-6-30(21(28)39)16-32-9-10-34(23(32)41)18-36-12-11-35(24(36)42)17-33-8-7-31(22(33)40)15-29-4-3-27(13-25)20(29)38;1-18(13-15-9-5-3-6-10-15)17(20)19(2)14-16-11-7-4-8-12-16/h1-18H2;3-12H,13-14H2,1-2H3. The van der Waals surface area contributed by atoms with Crippen LogP contribution in [0.25, 0.3) is 0 Å². The SMILES string of the molecule is CN(Cc1ccccc1)C(=O)N(C)Cc1ccccc1.O=C1N2CCN1CN1CCN(CN3CCN(CN4CCN(CN5CCN(CN6CCN(C2)C6=O)C5=O)C4=O)C3=O)C1=O. The molecule has 21 nitrogen and oxygen atoms in total. The van der Waals surface area contributed by atoms with Gasteiger partial charge in [-0.25, -0.2) is 33.6 Å². The lowest BCUT2D eigenvalue weighted by atomic mass is 10.2. The second-order valence-electron chi connectivity index (χ2n) is 16.7. The summed E-state index contributed by atoms with van der Waals surface area (Å²) < 4.78 is 0. The number of carbonyl (C=O) groups is 7. The van der Waals surface area contributed by atoms with Gasteiger partial charge in [-0.15, -0.1) is 0 Å². The van der Waals surface area contributed by atoms with Gasteiger partial charge in [0.1, 0.15) is 0 Å². The molecule has 0 unspecified atom stereocenters. The van der Waals surface area contributed by atoms with Gasteiger partial charge in [0.2, 0.25) is 0 Å². The molecule has 7 saturated heterocycles. The Kier molecular flexibility index (Phi) is 12.3. The molecule has 9 rings (SSSR count). The summed E-state index contributed by atoms with van der Waals surface area (Å²) in [5.41, 5.74) is 2.27. The van der Waals surface area contributed by atoms with Gasteiger partial charge in [-0.2, -0.15) is 0 Å². The lowest BCUT2D eigenvalue weighted by molar-refractivity contribution is 0.131. The first-order valence-electron chi connectivity index (χ1n) is 21.2. The molecule has 14 amide bonds. The van der Waals surface area contributed by atoms with E-state index in [2.05, 4.69) is 0 Å². The van der Waals surface area contributed by atoms with E-state index in [-0.39, 0.29) is 82.2 Å². The molecule has 0 atom stereocenters. The number of hydrogen-bond donors (Lipinski definition) is 0. The van der Waals surface area contributed by atoms with Crippen LogP contribution in [0.5, 0.6) is 0 Å². The van der Waals surface area contributed by atoms with E-state index < -0.39 is 0 Å². The van der Waals surface area contributed by atoms with Gasteiger partial charge in [0.05, 0.1) is 40.0 Å². The number of amides is 14. The van der Waals surface area contributed by atoms with E-state index in [0.717, 1.165) is 11.1 Å². The van der Waals surface area contributed by atoms with Gasteiger partial charge in [0.15, 0.2) is 0 Å². The van der Waals surface area contributed by atoms with E-state index in [9.17, 15) is 33.6 Å². The fraction of sp³-hybridized carbons (Fsp3) is 0.537. The van der Waals surface area contributed by atoms with Crippen LogP contribution in [0, 0.1) is 0 Å². The van der Waals surface area contributed by atoms with Crippen LogP contribution in [0.1, 0.15) is 11.1 Å². The van der Waals surface area contributed by atoms with Crippen molar-refractivity contribution in [3.05, 3.63) is 71.8 Å². The molecule has 0 saturated carbocycles. The molecule has 21 heteroatoms. The molecular weight excluding hydrogens is 801 g/mol. The molecule has 62 heavy (non-hydrogen) atoms. The van der Waals surface area contributed by atoms with Gasteiger partial charge < -0.3 is 68.6 Å². The molecule has 7 aliphatic rings. The number of hydrogen-bond acceptors (Lipinski definition) is 7. The second-order valence-corrected chi connectivity index (χ2v) is 16.7. The zero-order chi connectivity index (χ0) is 43.5. The van der Waals surface area contributed by atoms with Crippen LogP contribution in [0.3, 0.4) is 0 Å². The van der Waals surface area contributed by atoms with Crippen molar-refractivity contribution < 1.29 is 33.6 Å². The molecular formula is C41H56N14O7. The van der Waals surface area contributed by atoms with Crippen molar-refractivity contribution >= 4 is 42.2 Å². The van der Waals surface area contributed by atoms with Crippen molar-refractivity contribution in [1.29, 1.82) is 0 Å². The van der Waals surface area contributed by atoms with E-state index in [4.69, 9.17) is 0 Å². The summed E-state index contributed by atoms with van der Waals surface area (Å²) in [5, 5.41) is 0. The van der Waals surface area contributed by atoms with E-state index in [0.29, 0.717) is 91.6 Å². The summed E-state index contributed by atoms with van der Waals surface area (Å²) in [6.45, 7) is 7.43. The largest absolute Gasteiger partial charge is 0.323 e. The molecule has 0 N–H and O–H groups in total. The molecule has 12 bridgehead atoms. The Bertz CT molecular complexity index is 1660. The third-order valence-corrected chi connectivity index (χ3v) is 12.3. The summed E-state index contributed by atoms with van der Waals surface area (Å²) in [5.74, 6) is 0. The first-order valence-corrected chi connectivity index (χ1v) is 21.2. The fourth-order valence-corrected chi connectivity index (χ4v) is 8.75. The highest BCUT2D eigenvalue weighted by Gasteiger charge is 2.42. The average molecular weight is 857 g/mol. The second kappa shape index (κ2) is 18.1. The highest BCUT2D eigenvalue weighted by atomic mass is 16.2. The van der Waals surface area contributed by atoms with Crippen LogP contribution in [-0.4, -0.2) is 243 Å². The van der Waals surface area contributed by atoms with Crippen molar-refractivity contribution in [3.63, 3.8) is 0 Å². The van der Waals surface area contributed by atoms with Crippen molar-refractivity contribution in [2.24, 2.45) is 0 Å². The first kappa shape index (κ1) is 42.0. The Morgan fingerprint density at radius 1 is 0.355 bits per heavy atom. The maximum Gasteiger partial charge on any atom is 0.322 e. The molecule has 0 spiro atoms. The van der Waals surface area contributed by atoms with Crippen LogP contribution >= 0.6 is 0 Å². The Balaban J connectivity index is 0.000000222. The molecule has 2 aromatic carbocycles. The van der Waals surface area contributed by atoms with E-state index in [1.807, 2.05) is 74.8 Å². The third-order valence-electron chi connectivity index (χ3n) is 12.3. The van der Waals surface area contributed by atoms with Gasteiger partial charge in [-0.1, -0.05) is 60.7 Å². The fourth-order valence-electron chi connectivity index (χ4n) is 8.75. The highest BCUT2D eigenvalue weighted by molar-refractivity contribution is 5.83. The minimum absolute atomic E-state index is 0.0257. The summed E-state index contributed by atoms with van der Waals surface area (Å²) >= 11 is 0. The minimum Gasteiger partial charge on any atom is -0.323 e. The van der Waals surface area contributed by atoms with Crippen LogP contribution in [0.4, 0.5) is 33.6 Å². The smallest absolute Gasteiger partial charge is 0.322 e. The third kappa shape index (κ3) is 9.01. The van der Waals surface area contributed by atoms with Gasteiger partial charge in [-0.05, 0) is 11.1 Å². The highest BCUT2D eigenvalue weighted by Crippen LogP contribution is 2.22. The Labute approximate surface area is 361 Å². The summed E-state index contributed by atoms with van der Waals surface area (Å²) in [6, 6.07) is 18.7. The minimum atomic E-state index is -0.230. The quantitative estimate of drug-likeness (QED) is 0.451. The molecule has 332 valence electrons. The Morgan fingerprint density at radius 2 is 0.532 bits per heavy atom. The maximum atomic E-state index is 13.2. The van der Waals surface area contributed by atoms with Crippen molar-refractivity contribution in [2.45, 2.75) is 13.1 Å². The maximum absolute atomic E-state index is 13.2. The van der Waals surface area contributed by atoms with E-state index in [1.165, 1.54) is 0 Å². The van der Waals surface area contributed by atoms with Crippen molar-refractivity contribution in [3.8, 4) is 0 Å². The van der Waals surface area contributed by atoms with Gasteiger partial charge in [-0.3, -0.25) is 0 Å². The lowest BCUT2D eigenvalue weighted by Crippen LogP contribution is -2.48. The van der Waals surface area contributed by atoms with Crippen LogP contribution in [-0.2, 0) is 13.1 Å². The van der Waals surface area contributed by atoms with Crippen molar-refractivity contribution in [2.75, 3.05) is 133 Å². The number of rotatable bonds is 4. The number of benzene rings is 2. The summed E-state index contributed by atoms with van der Waals surface area (Å²) in [7, 11) is 3.66. The van der Waals surface area contributed by atoms with Gasteiger partial charge >= 0.3 is 42.2 Å². The zero-order valence-electron chi connectivity index (χ0n) is 35.5. The van der Waals surface area contributed by atoms with E-state index >= 15 is 0 Å². The monoisotopic (exact) mass is 856 g/mol. The molecule has 7 heterocycles. The lowest BCUT2D eigenvalue weighted by Gasteiger charge is -2.29. The molecule has 0 aromatic heterocycles. The first-order chi connectivity index (χ1) is 29.9. The number of carbonyl (C=O) groups excluding carboxylic acids is 7. The predicted octanol–water partition coefficient (Wildman–Crippen LogP) is 1.54. The molecule has 7 fully saturated rings. The predicted molar refractivity (Wildman–Crippen MR) is 223 cm³/mol. The molecule has 7 aliphatic heterocycles. The topological polar surface area (TPSA) is 165 Å². The Hall–Kier alpha value is -6.67. The number of fused-ring (bicyclic) bond motifs is 12. The molecule has 0 radical (unpaired) electrons. The van der Waals surface area contributed by atoms with Gasteiger partial charge in [0.25, 0.3) is 0 Å². The Morgan fingerprint density at radius 3 is 0.710 bits per heavy atom. The zero-order valence-corrected chi connectivity index (χ0v) is 35.5. The van der Waals surface area contributed by atoms with Crippen LogP contribution < -0.4 is 0 Å². The van der Waals surface area contributed by atoms with Crippen molar-refractivity contribution in [1.82, 2.24) is 68.6 Å². The van der Waals surface area contributed by atoms with E-state index in [1.54, 1.807) is 68.6 Å². The summed E-state index contributed by atoms with van der Waals surface area (Å²) in [6.07, 6.45) is 0. The molecule has 2 aromatic rings.